The molecule has 7 heteroatoms. The van der Waals surface area contributed by atoms with Crippen LogP contribution in [-0.2, 0) is 0 Å². The van der Waals surface area contributed by atoms with Gasteiger partial charge < -0.3 is 14.8 Å². The molecule has 0 amide bonds. The van der Waals surface area contributed by atoms with Crippen molar-refractivity contribution in [2.24, 2.45) is 0 Å². The molecule has 7 nitrogen and oxygen atoms in total. The van der Waals surface area contributed by atoms with Gasteiger partial charge in [-0.2, -0.15) is 5.10 Å². The lowest BCUT2D eigenvalue weighted by molar-refractivity contribution is 0.395. The summed E-state index contributed by atoms with van der Waals surface area (Å²) in [6.45, 7) is 1.97. The molecule has 2 aromatic heterocycles. The Labute approximate surface area is 169 Å². The summed E-state index contributed by atoms with van der Waals surface area (Å²) in [6, 6.07) is 17.4. The van der Waals surface area contributed by atoms with E-state index in [0.29, 0.717) is 17.4 Å². The maximum atomic E-state index is 5.32. The first-order valence-electron chi connectivity index (χ1n) is 9.11. The highest BCUT2D eigenvalue weighted by molar-refractivity contribution is 5.65. The predicted molar refractivity (Wildman–Crippen MR) is 112 cm³/mol. The average molecular weight is 387 g/mol. The quantitative estimate of drug-likeness (QED) is 0.529. The molecule has 4 aromatic rings. The highest BCUT2D eigenvalue weighted by atomic mass is 16.5. The maximum absolute atomic E-state index is 5.32. The van der Waals surface area contributed by atoms with Gasteiger partial charge in [0, 0.05) is 41.8 Å². The lowest BCUT2D eigenvalue weighted by Crippen LogP contribution is -1.99. The zero-order chi connectivity index (χ0) is 20.2. The summed E-state index contributed by atoms with van der Waals surface area (Å²) in [4.78, 5) is 8.99. The lowest BCUT2D eigenvalue weighted by atomic mass is 10.2. The van der Waals surface area contributed by atoms with E-state index in [4.69, 9.17) is 9.47 Å². The van der Waals surface area contributed by atoms with Crippen molar-refractivity contribution in [3.8, 4) is 28.4 Å². The molecule has 1 N–H and O–H groups in total. The van der Waals surface area contributed by atoms with E-state index < -0.39 is 0 Å². The van der Waals surface area contributed by atoms with Crippen LogP contribution in [0.3, 0.4) is 0 Å². The van der Waals surface area contributed by atoms with Crippen LogP contribution in [0.5, 0.6) is 11.5 Å². The molecule has 0 radical (unpaired) electrons. The molecule has 0 unspecified atom stereocenters. The fourth-order valence-electron chi connectivity index (χ4n) is 3.00. The SMILES string of the molecule is COc1cc(Nc2nccc(-c3cn(-c4ccccc4)nc3C)n2)cc(OC)c1. The second-order valence-corrected chi connectivity index (χ2v) is 6.40. The second kappa shape index (κ2) is 8.02. The zero-order valence-corrected chi connectivity index (χ0v) is 16.5. The fraction of sp³-hybridized carbons (Fsp3) is 0.136. The lowest BCUT2D eigenvalue weighted by Gasteiger charge is -2.10. The van der Waals surface area contributed by atoms with Crippen molar-refractivity contribution in [2.75, 3.05) is 19.5 Å². The van der Waals surface area contributed by atoms with Crippen LogP contribution < -0.4 is 14.8 Å². The molecule has 0 aliphatic heterocycles. The first-order valence-corrected chi connectivity index (χ1v) is 9.11. The highest BCUT2D eigenvalue weighted by Crippen LogP contribution is 2.28. The van der Waals surface area contributed by atoms with Crippen molar-refractivity contribution < 1.29 is 9.47 Å². The fourth-order valence-corrected chi connectivity index (χ4v) is 3.00. The number of nitrogens with one attached hydrogen (secondary N) is 1. The van der Waals surface area contributed by atoms with Gasteiger partial charge in [0.05, 0.1) is 31.3 Å². The number of ether oxygens (including phenoxy) is 2. The number of aryl methyl sites for hydroxylation is 1. The molecular formula is C22H21N5O2. The average Bonchev–Trinajstić information content (AvgIpc) is 3.16. The Morgan fingerprint density at radius 1 is 0.931 bits per heavy atom. The Hall–Kier alpha value is -3.87. The third-order valence-corrected chi connectivity index (χ3v) is 4.46. The first-order chi connectivity index (χ1) is 14.2. The van der Waals surface area contributed by atoms with Gasteiger partial charge in [0.15, 0.2) is 0 Å². The van der Waals surface area contributed by atoms with Crippen LogP contribution in [0.2, 0.25) is 0 Å². The molecule has 0 bridgehead atoms. The van der Waals surface area contributed by atoms with Crippen LogP contribution in [0, 0.1) is 6.92 Å². The summed E-state index contributed by atoms with van der Waals surface area (Å²) in [5.41, 5.74) is 4.40. The molecule has 29 heavy (non-hydrogen) atoms. The van der Waals surface area contributed by atoms with Crippen LogP contribution in [0.4, 0.5) is 11.6 Å². The molecule has 0 saturated carbocycles. The number of methoxy groups -OCH3 is 2. The van der Waals surface area contributed by atoms with E-state index in [0.717, 1.165) is 28.3 Å². The number of hydrogen-bond acceptors (Lipinski definition) is 6. The van der Waals surface area contributed by atoms with Crippen molar-refractivity contribution in [1.29, 1.82) is 0 Å². The third-order valence-electron chi connectivity index (χ3n) is 4.46. The monoisotopic (exact) mass is 387 g/mol. The molecule has 2 aromatic carbocycles. The van der Waals surface area contributed by atoms with Crippen LogP contribution in [-0.4, -0.2) is 34.0 Å². The molecule has 0 spiro atoms. The van der Waals surface area contributed by atoms with E-state index in [1.165, 1.54) is 0 Å². The van der Waals surface area contributed by atoms with Gasteiger partial charge in [-0.25, -0.2) is 14.6 Å². The van der Waals surface area contributed by atoms with Gasteiger partial charge in [-0.3, -0.25) is 0 Å². The van der Waals surface area contributed by atoms with Gasteiger partial charge in [0.2, 0.25) is 5.95 Å². The third kappa shape index (κ3) is 4.03. The van der Waals surface area contributed by atoms with Gasteiger partial charge >= 0.3 is 0 Å². The van der Waals surface area contributed by atoms with Crippen molar-refractivity contribution in [3.63, 3.8) is 0 Å². The van der Waals surface area contributed by atoms with Crippen LogP contribution in [0.25, 0.3) is 16.9 Å². The summed E-state index contributed by atoms with van der Waals surface area (Å²) in [7, 11) is 3.23. The summed E-state index contributed by atoms with van der Waals surface area (Å²) >= 11 is 0. The van der Waals surface area contributed by atoms with Gasteiger partial charge in [0.1, 0.15) is 11.5 Å². The minimum Gasteiger partial charge on any atom is -0.497 e. The molecule has 0 aliphatic carbocycles. The second-order valence-electron chi connectivity index (χ2n) is 6.40. The molecule has 0 saturated heterocycles. The van der Waals surface area contributed by atoms with Gasteiger partial charge in [-0.05, 0) is 25.1 Å². The van der Waals surface area contributed by atoms with Crippen LogP contribution in [0.15, 0.2) is 67.0 Å². The number of rotatable bonds is 6. The van der Waals surface area contributed by atoms with Gasteiger partial charge in [0.25, 0.3) is 0 Å². The zero-order valence-electron chi connectivity index (χ0n) is 16.5. The molecule has 146 valence electrons. The normalized spacial score (nSPS) is 10.6. The predicted octanol–water partition coefficient (Wildman–Crippen LogP) is 4.40. The minimum atomic E-state index is 0.477. The highest BCUT2D eigenvalue weighted by Gasteiger charge is 2.11. The van der Waals surface area contributed by atoms with E-state index in [-0.39, 0.29) is 0 Å². The van der Waals surface area contributed by atoms with E-state index >= 15 is 0 Å². The Bertz CT molecular complexity index is 1100. The molecule has 0 aliphatic rings. The molecule has 2 heterocycles. The number of para-hydroxylation sites is 1. The molecule has 4 rings (SSSR count). The largest absolute Gasteiger partial charge is 0.497 e. The molecule has 0 atom stereocenters. The van der Waals surface area contributed by atoms with E-state index in [1.807, 2.05) is 72.4 Å². The van der Waals surface area contributed by atoms with Gasteiger partial charge in [-0.1, -0.05) is 18.2 Å². The number of benzene rings is 2. The maximum Gasteiger partial charge on any atom is 0.227 e. The Morgan fingerprint density at radius 3 is 2.34 bits per heavy atom. The van der Waals surface area contributed by atoms with E-state index in [1.54, 1.807) is 20.4 Å². The number of anilines is 2. The van der Waals surface area contributed by atoms with Crippen molar-refractivity contribution in [3.05, 3.63) is 72.7 Å². The summed E-state index contributed by atoms with van der Waals surface area (Å²) in [5, 5.41) is 7.83. The molecular weight excluding hydrogens is 366 g/mol. The first kappa shape index (κ1) is 18.5. The number of aromatic nitrogens is 4. The van der Waals surface area contributed by atoms with Crippen molar-refractivity contribution >= 4 is 11.6 Å². The molecule has 0 fully saturated rings. The number of hydrogen-bond donors (Lipinski definition) is 1. The summed E-state index contributed by atoms with van der Waals surface area (Å²) in [6.07, 6.45) is 3.70. The van der Waals surface area contributed by atoms with Crippen molar-refractivity contribution in [2.45, 2.75) is 6.92 Å². The van der Waals surface area contributed by atoms with Gasteiger partial charge in [-0.15, -0.1) is 0 Å². The van der Waals surface area contributed by atoms with E-state index in [9.17, 15) is 0 Å². The van der Waals surface area contributed by atoms with Crippen LogP contribution >= 0.6 is 0 Å². The topological polar surface area (TPSA) is 74.1 Å². The van der Waals surface area contributed by atoms with E-state index in [2.05, 4.69) is 20.4 Å². The Kier molecular flexibility index (Phi) is 5.11. The summed E-state index contributed by atoms with van der Waals surface area (Å²) < 4.78 is 12.5. The van der Waals surface area contributed by atoms with Crippen LogP contribution in [0.1, 0.15) is 5.69 Å². The number of nitrogens with zero attached hydrogens (tertiary/aromatic N) is 4. The van der Waals surface area contributed by atoms with Crippen molar-refractivity contribution in [1.82, 2.24) is 19.7 Å². The summed E-state index contributed by atoms with van der Waals surface area (Å²) in [5.74, 6) is 1.84. The standard InChI is InChI=1S/C22H21N5O2/c1-15-20(14-27(26-15)17-7-5-4-6-8-17)21-9-10-23-22(25-21)24-16-11-18(28-2)13-19(12-16)29-3/h4-14H,1-3H3,(H,23,24,25). The minimum absolute atomic E-state index is 0.477. The Morgan fingerprint density at radius 2 is 1.66 bits per heavy atom. The Balaban J connectivity index is 1.64. The smallest absolute Gasteiger partial charge is 0.227 e.